The van der Waals surface area contributed by atoms with Crippen LogP contribution in [0.15, 0.2) is 36.5 Å². The molecule has 1 atom stereocenters. The molecule has 69 heavy (non-hydrogen) atoms. The molecule has 0 fully saturated rings. The topological polar surface area (TPSA) is 78.9 Å². The SMILES string of the molecule is CCCCCCC/C=C\C/C=C\C/C=C\CCCCCCCCCCC(=O)OCC(COC(=O)CCCCCCCCCCC)OC(=O)CCCCCCCCCCCCCCCCCCCCC. The lowest BCUT2D eigenvalue weighted by Gasteiger charge is -2.18. The van der Waals surface area contributed by atoms with Crippen LogP contribution in [0.4, 0.5) is 0 Å². The molecule has 0 saturated heterocycles. The van der Waals surface area contributed by atoms with E-state index in [1.807, 2.05) is 0 Å². The fourth-order valence-corrected chi connectivity index (χ4v) is 9.04. The van der Waals surface area contributed by atoms with Crippen molar-refractivity contribution >= 4 is 17.9 Å². The van der Waals surface area contributed by atoms with Crippen molar-refractivity contribution in [1.29, 1.82) is 0 Å². The lowest BCUT2D eigenvalue weighted by molar-refractivity contribution is -0.167. The molecular weight excluding hydrogens is 853 g/mol. The molecule has 6 heteroatoms. The van der Waals surface area contributed by atoms with Crippen molar-refractivity contribution in [2.75, 3.05) is 13.2 Å². The highest BCUT2D eigenvalue weighted by Crippen LogP contribution is 2.17. The summed E-state index contributed by atoms with van der Waals surface area (Å²) in [6.45, 7) is 6.65. The van der Waals surface area contributed by atoms with Crippen LogP contribution in [0.3, 0.4) is 0 Å². The zero-order valence-corrected chi connectivity index (χ0v) is 46.3. The van der Waals surface area contributed by atoms with Crippen LogP contribution >= 0.6 is 0 Å². The first-order valence-electron chi connectivity index (χ1n) is 30.5. The summed E-state index contributed by atoms with van der Waals surface area (Å²) in [7, 11) is 0. The zero-order valence-electron chi connectivity index (χ0n) is 46.3. The van der Waals surface area contributed by atoms with Gasteiger partial charge in [-0.15, -0.1) is 0 Å². The monoisotopic (exact) mass is 969 g/mol. The number of hydrogen-bond acceptors (Lipinski definition) is 6. The Kier molecular flexibility index (Phi) is 56.2. The van der Waals surface area contributed by atoms with Gasteiger partial charge in [0.05, 0.1) is 0 Å². The highest BCUT2D eigenvalue weighted by molar-refractivity contribution is 5.71. The van der Waals surface area contributed by atoms with Gasteiger partial charge >= 0.3 is 17.9 Å². The van der Waals surface area contributed by atoms with Gasteiger partial charge < -0.3 is 14.2 Å². The van der Waals surface area contributed by atoms with E-state index in [4.69, 9.17) is 14.2 Å². The molecule has 0 radical (unpaired) electrons. The van der Waals surface area contributed by atoms with E-state index in [1.165, 1.54) is 212 Å². The van der Waals surface area contributed by atoms with Gasteiger partial charge in [-0.25, -0.2) is 0 Å². The number of unbranched alkanes of at least 4 members (excludes halogenated alkanes) is 39. The highest BCUT2D eigenvalue weighted by atomic mass is 16.6. The Labute approximate surface area is 429 Å². The maximum Gasteiger partial charge on any atom is 0.306 e. The molecule has 0 amide bonds. The standard InChI is InChI=1S/C63H116O6/c1-4-7-10-13-16-19-21-23-25-27-29-30-31-32-34-35-37-39-41-44-47-50-53-56-62(65)68-59-60(58-67-61(64)55-52-49-46-43-18-15-12-9-6-3)69-63(66)57-54-51-48-45-42-40-38-36-33-28-26-24-22-20-17-14-11-8-5-2/h21,23,27,29,31-32,60H,4-20,22,24-26,28,30,33-59H2,1-3H3/b23-21-,29-27-,32-31-. The molecule has 0 saturated carbocycles. The molecule has 0 bridgehead atoms. The molecule has 0 aliphatic carbocycles. The van der Waals surface area contributed by atoms with E-state index >= 15 is 0 Å². The third-order valence-electron chi connectivity index (χ3n) is 13.6. The molecule has 404 valence electrons. The van der Waals surface area contributed by atoms with Crippen molar-refractivity contribution in [3.63, 3.8) is 0 Å². The predicted molar refractivity (Wildman–Crippen MR) is 298 cm³/mol. The van der Waals surface area contributed by atoms with Crippen molar-refractivity contribution in [3.05, 3.63) is 36.5 Å². The lowest BCUT2D eigenvalue weighted by Crippen LogP contribution is -2.30. The minimum atomic E-state index is -0.770. The van der Waals surface area contributed by atoms with Crippen molar-refractivity contribution in [2.24, 2.45) is 0 Å². The van der Waals surface area contributed by atoms with Gasteiger partial charge in [-0.1, -0.05) is 288 Å². The van der Waals surface area contributed by atoms with Crippen LogP contribution in [0.2, 0.25) is 0 Å². The maximum absolute atomic E-state index is 12.9. The largest absolute Gasteiger partial charge is 0.462 e. The highest BCUT2D eigenvalue weighted by Gasteiger charge is 2.19. The molecule has 0 aliphatic rings. The van der Waals surface area contributed by atoms with E-state index in [-0.39, 0.29) is 31.1 Å². The normalized spacial score (nSPS) is 12.2. The summed E-state index contributed by atoms with van der Waals surface area (Å²) in [5.41, 5.74) is 0. The summed E-state index contributed by atoms with van der Waals surface area (Å²) < 4.78 is 16.9. The molecule has 0 rings (SSSR count). The number of ether oxygens (including phenoxy) is 3. The Bertz CT molecular complexity index is 1160. The quantitative estimate of drug-likeness (QED) is 0.0261. The molecule has 0 aromatic heterocycles. The molecule has 6 nitrogen and oxygen atoms in total. The second-order valence-electron chi connectivity index (χ2n) is 20.6. The average Bonchev–Trinajstić information content (AvgIpc) is 3.35. The van der Waals surface area contributed by atoms with E-state index < -0.39 is 6.10 Å². The molecule has 0 aliphatic heterocycles. The summed E-state index contributed by atoms with van der Waals surface area (Å²) in [6.07, 6.45) is 70.1. The Morgan fingerprint density at radius 1 is 0.290 bits per heavy atom. The second-order valence-corrected chi connectivity index (χ2v) is 20.6. The fourth-order valence-electron chi connectivity index (χ4n) is 9.04. The van der Waals surface area contributed by atoms with Gasteiger partial charge in [0.25, 0.3) is 0 Å². The first-order chi connectivity index (χ1) is 34.0. The van der Waals surface area contributed by atoms with Crippen LogP contribution in [-0.4, -0.2) is 37.2 Å². The average molecular weight is 970 g/mol. The van der Waals surface area contributed by atoms with E-state index in [0.717, 1.165) is 77.0 Å². The van der Waals surface area contributed by atoms with Crippen molar-refractivity contribution < 1.29 is 28.6 Å². The third kappa shape index (κ3) is 56.4. The van der Waals surface area contributed by atoms with E-state index in [9.17, 15) is 14.4 Å². The Balaban J connectivity index is 4.22. The predicted octanol–water partition coefficient (Wildman–Crippen LogP) is 20.4. The molecule has 1 unspecified atom stereocenters. The van der Waals surface area contributed by atoms with Crippen LogP contribution in [0, 0.1) is 0 Å². The van der Waals surface area contributed by atoms with Gasteiger partial charge in [0.1, 0.15) is 13.2 Å². The number of esters is 3. The van der Waals surface area contributed by atoms with Gasteiger partial charge in [0, 0.05) is 19.3 Å². The van der Waals surface area contributed by atoms with Gasteiger partial charge in [-0.3, -0.25) is 14.4 Å². The number of carbonyl (C=O) groups is 3. The van der Waals surface area contributed by atoms with E-state index in [0.29, 0.717) is 19.3 Å². The summed E-state index contributed by atoms with van der Waals surface area (Å²) in [5.74, 6) is -0.860. The van der Waals surface area contributed by atoms with Gasteiger partial charge in [0.15, 0.2) is 6.10 Å². The van der Waals surface area contributed by atoms with Gasteiger partial charge in [0.2, 0.25) is 0 Å². The number of allylic oxidation sites excluding steroid dienone is 6. The van der Waals surface area contributed by atoms with Gasteiger partial charge in [-0.2, -0.15) is 0 Å². The van der Waals surface area contributed by atoms with Crippen molar-refractivity contribution in [1.82, 2.24) is 0 Å². The van der Waals surface area contributed by atoms with E-state index in [1.54, 1.807) is 0 Å². The number of rotatable bonds is 56. The molecule has 0 N–H and O–H groups in total. The summed E-state index contributed by atoms with van der Waals surface area (Å²) in [4.78, 5) is 38.1. The first-order valence-corrected chi connectivity index (χ1v) is 30.5. The van der Waals surface area contributed by atoms with Crippen molar-refractivity contribution in [2.45, 2.75) is 335 Å². The van der Waals surface area contributed by atoms with Crippen LogP contribution in [0.1, 0.15) is 329 Å². The van der Waals surface area contributed by atoms with Crippen LogP contribution in [0.25, 0.3) is 0 Å². The summed E-state index contributed by atoms with van der Waals surface area (Å²) in [5, 5.41) is 0. The van der Waals surface area contributed by atoms with Crippen molar-refractivity contribution in [3.8, 4) is 0 Å². The van der Waals surface area contributed by atoms with Crippen LogP contribution in [0.5, 0.6) is 0 Å². The maximum atomic E-state index is 12.9. The summed E-state index contributed by atoms with van der Waals surface area (Å²) in [6, 6.07) is 0. The molecular formula is C63H116O6. The van der Waals surface area contributed by atoms with Gasteiger partial charge in [-0.05, 0) is 57.8 Å². The number of carbonyl (C=O) groups excluding carboxylic acids is 3. The minimum Gasteiger partial charge on any atom is -0.462 e. The Morgan fingerprint density at radius 3 is 0.812 bits per heavy atom. The smallest absolute Gasteiger partial charge is 0.306 e. The minimum absolute atomic E-state index is 0.0699. The second kappa shape index (κ2) is 58.2. The fraction of sp³-hybridized carbons (Fsp3) is 0.857. The molecule has 0 heterocycles. The summed E-state index contributed by atoms with van der Waals surface area (Å²) >= 11 is 0. The molecule has 0 aromatic carbocycles. The van der Waals surface area contributed by atoms with Crippen LogP contribution < -0.4 is 0 Å². The lowest BCUT2D eigenvalue weighted by atomic mass is 10.0. The van der Waals surface area contributed by atoms with Crippen LogP contribution in [-0.2, 0) is 28.6 Å². The Morgan fingerprint density at radius 2 is 0.522 bits per heavy atom. The molecule has 0 spiro atoms. The third-order valence-corrected chi connectivity index (χ3v) is 13.6. The first kappa shape index (κ1) is 66.6. The Hall–Kier alpha value is -2.37. The number of hydrogen-bond donors (Lipinski definition) is 0. The van der Waals surface area contributed by atoms with E-state index in [2.05, 4.69) is 57.2 Å². The zero-order chi connectivity index (χ0) is 50.0. The molecule has 0 aromatic rings.